The Hall–Kier alpha value is -2.67. The topological polar surface area (TPSA) is 73.5 Å². The summed E-state index contributed by atoms with van der Waals surface area (Å²) in [6.07, 6.45) is 1.30. The maximum absolute atomic E-state index is 12.8. The molecule has 0 aliphatic carbocycles. The molecular formula is C19H23N3O4. The van der Waals surface area contributed by atoms with Gasteiger partial charge in [-0.05, 0) is 18.4 Å². The fourth-order valence-corrected chi connectivity index (χ4v) is 3.52. The van der Waals surface area contributed by atoms with E-state index in [9.17, 15) is 14.4 Å². The van der Waals surface area contributed by atoms with Gasteiger partial charge in [0.1, 0.15) is 5.69 Å². The molecule has 1 aromatic carbocycles. The number of carbonyl (C=O) groups is 1. The highest BCUT2D eigenvalue weighted by atomic mass is 16.5. The Kier molecular flexibility index (Phi) is 4.82. The Labute approximate surface area is 151 Å². The number of hydrogen-bond donors (Lipinski definition) is 0. The molecule has 7 nitrogen and oxygen atoms in total. The monoisotopic (exact) mass is 357 g/mol. The van der Waals surface area contributed by atoms with Gasteiger partial charge in [0, 0.05) is 40.4 Å². The Morgan fingerprint density at radius 1 is 1.04 bits per heavy atom. The number of nitrogens with zero attached hydrogens (tertiary/aromatic N) is 3. The van der Waals surface area contributed by atoms with Crippen LogP contribution in [0.25, 0.3) is 0 Å². The first kappa shape index (κ1) is 18.1. The van der Waals surface area contributed by atoms with Gasteiger partial charge in [-0.15, -0.1) is 0 Å². The predicted octanol–water partition coefficient (Wildman–Crippen LogP) is 0.862. The summed E-state index contributed by atoms with van der Waals surface area (Å²) in [5.74, 6) is -0.305. The Balaban J connectivity index is 1.83. The largest absolute Gasteiger partial charge is 0.373 e. The maximum atomic E-state index is 12.8. The molecule has 0 bridgehead atoms. The zero-order chi connectivity index (χ0) is 18.9. The molecule has 7 heteroatoms. The normalized spacial score (nSPS) is 16.5. The summed E-state index contributed by atoms with van der Waals surface area (Å²) in [4.78, 5) is 38.5. The van der Waals surface area contributed by atoms with Gasteiger partial charge < -0.3 is 9.64 Å². The van der Waals surface area contributed by atoms with Gasteiger partial charge in [0.25, 0.3) is 11.5 Å². The fraction of sp³-hybridized carbons (Fsp3) is 0.421. The molecule has 1 saturated heterocycles. The van der Waals surface area contributed by atoms with E-state index in [4.69, 9.17) is 4.74 Å². The maximum Gasteiger partial charge on any atom is 0.331 e. The van der Waals surface area contributed by atoms with Gasteiger partial charge in [-0.25, -0.2) is 4.79 Å². The minimum Gasteiger partial charge on any atom is -0.373 e. The quantitative estimate of drug-likeness (QED) is 0.817. The van der Waals surface area contributed by atoms with Crippen molar-refractivity contribution in [2.24, 2.45) is 14.1 Å². The molecule has 0 spiro atoms. The molecule has 138 valence electrons. The number of aromatic nitrogens is 2. The van der Waals surface area contributed by atoms with Gasteiger partial charge in [-0.2, -0.15) is 0 Å². The highest BCUT2D eigenvalue weighted by Gasteiger charge is 2.38. The minimum atomic E-state index is -0.506. The Bertz CT molecular complexity index is 922. The number of benzene rings is 1. The number of methoxy groups -OCH3 is 1. The summed E-state index contributed by atoms with van der Waals surface area (Å²) in [6, 6.07) is 11.2. The van der Waals surface area contributed by atoms with Crippen LogP contribution < -0.4 is 11.2 Å². The third-order valence-electron chi connectivity index (χ3n) is 5.29. The Morgan fingerprint density at radius 3 is 2.23 bits per heavy atom. The first-order chi connectivity index (χ1) is 12.4. The molecule has 1 aliphatic rings. The number of likely N-dealkylation sites (tertiary alicyclic amines) is 1. The van der Waals surface area contributed by atoms with Crippen LogP contribution in [0.3, 0.4) is 0 Å². The number of rotatable bonds is 3. The molecule has 2 aromatic rings. The first-order valence-corrected chi connectivity index (χ1v) is 8.56. The van der Waals surface area contributed by atoms with Crippen LogP contribution in [0.4, 0.5) is 0 Å². The van der Waals surface area contributed by atoms with Gasteiger partial charge >= 0.3 is 5.69 Å². The lowest BCUT2D eigenvalue weighted by molar-refractivity contribution is -0.0576. The second-order valence-electron chi connectivity index (χ2n) is 6.63. The van der Waals surface area contributed by atoms with Crippen LogP contribution in [0.2, 0.25) is 0 Å². The standard InChI is InChI=1S/C19H23N3O4/c1-20-15(13-16(23)21(2)18(20)25)17(24)22-11-9-19(26-3,10-12-22)14-7-5-4-6-8-14/h4-8,13H,9-12H2,1-3H3. The molecule has 1 amide bonds. The second-order valence-corrected chi connectivity index (χ2v) is 6.63. The van der Waals surface area contributed by atoms with Gasteiger partial charge in [-0.1, -0.05) is 30.3 Å². The van der Waals surface area contributed by atoms with Gasteiger partial charge in [0.05, 0.1) is 5.60 Å². The zero-order valence-electron chi connectivity index (χ0n) is 15.3. The molecule has 3 rings (SSSR count). The lowest BCUT2D eigenvalue weighted by Gasteiger charge is -2.41. The summed E-state index contributed by atoms with van der Waals surface area (Å²) in [5.41, 5.74) is -0.202. The van der Waals surface area contributed by atoms with E-state index in [1.165, 1.54) is 24.7 Å². The lowest BCUT2D eigenvalue weighted by Crippen LogP contribution is -2.48. The molecule has 0 unspecified atom stereocenters. The molecule has 0 atom stereocenters. The van der Waals surface area contributed by atoms with E-state index in [-0.39, 0.29) is 11.6 Å². The smallest absolute Gasteiger partial charge is 0.331 e. The van der Waals surface area contributed by atoms with Crippen molar-refractivity contribution in [3.63, 3.8) is 0 Å². The molecular weight excluding hydrogens is 334 g/mol. The zero-order valence-corrected chi connectivity index (χ0v) is 15.3. The highest BCUT2D eigenvalue weighted by Crippen LogP contribution is 2.36. The van der Waals surface area contributed by atoms with Crippen molar-refractivity contribution < 1.29 is 9.53 Å². The number of ether oxygens (including phenoxy) is 1. The van der Waals surface area contributed by atoms with E-state index < -0.39 is 16.9 Å². The van der Waals surface area contributed by atoms with E-state index >= 15 is 0 Å². The minimum absolute atomic E-state index is 0.114. The molecule has 26 heavy (non-hydrogen) atoms. The van der Waals surface area contributed by atoms with Gasteiger partial charge in [0.2, 0.25) is 0 Å². The van der Waals surface area contributed by atoms with Crippen molar-refractivity contribution in [3.8, 4) is 0 Å². The van der Waals surface area contributed by atoms with Crippen LogP contribution >= 0.6 is 0 Å². The van der Waals surface area contributed by atoms with E-state index in [0.717, 1.165) is 10.1 Å². The molecule has 1 aromatic heterocycles. The fourth-order valence-electron chi connectivity index (χ4n) is 3.52. The number of piperidine rings is 1. The highest BCUT2D eigenvalue weighted by molar-refractivity contribution is 5.92. The van der Waals surface area contributed by atoms with Crippen LogP contribution in [0.1, 0.15) is 28.9 Å². The molecule has 0 N–H and O–H groups in total. The molecule has 1 fully saturated rings. The van der Waals surface area contributed by atoms with Crippen molar-refractivity contribution in [1.82, 2.24) is 14.0 Å². The molecule has 0 radical (unpaired) electrons. The number of carbonyl (C=O) groups excluding carboxylic acids is 1. The van der Waals surface area contributed by atoms with E-state index in [2.05, 4.69) is 0 Å². The molecule has 1 aliphatic heterocycles. The van der Waals surface area contributed by atoms with Crippen molar-refractivity contribution in [2.75, 3.05) is 20.2 Å². The van der Waals surface area contributed by atoms with Crippen molar-refractivity contribution in [3.05, 3.63) is 68.5 Å². The van der Waals surface area contributed by atoms with E-state index in [1.54, 1.807) is 12.0 Å². The van der Waals surface area contributed by atoms with Crippen LogP contribution in [0.15, 0.2) is 46.0 Å². The average molecular weight is 357 g/mol. The third-order valence-corrected chi connectivity index (χ3v) is 5.29. The summed E-state index contributed by atoms with van der Waals surface area (Å²) in [5, 5.41) is 0. The van der Waals surface area contributed by atoms with Gasteiger partial charge in [0.15, 0.2) is 0 Å². The summed E-state index contributed by atoms with van der Waals surface area (Å²) in [6.45, 7) is 0.982. The first-order valence-electron chi connectivity index (χ1n) is 8.56. The second kappa shape index (κ2) is 6.92. The van der Waals surface area contributed by atoms with Crippen molar-refractivity contribution in [1.29, 1.82) is 0 Å². The van der Waals surface area contributed by atoms with E-state index in [1.807, 2.05) is 30.3 Å². The molecule has 2 heterocycles. The number of hydrogen-bond acceptors (Lipinski definition) is 4. The summed E-state index contributed by atoms with van der Waals surface area (Å²) in [7, 11) is 4.59. The van der Waals surface area contributed by atoms with Gasteiger partial charge in [-0.3, -0.25) is 18.7 Å². The molecule has 0 saturated carbocycles. The van der Waals surface area contributed by atoms with Crippen LogP contribution in [0.5, 0.6) is 0 Å². The van der Waals surface area contributed by atoms with Crippen LogP contribution in [-0.4, -0.2) is 40.1 Å². The average Bonchev–Trinajstić information content (AvgIpc) is 2.69. The van der Waals surface area contributed by atoms with Crippen LogP contribution in [-0.2, 0) is 24.4 Å². The van der Waals surface area contributed by atoms with Crippen molar-refractivity contribution >= 4 is 5.91 Å². The predicted molar refractivity (Wildman–Crippen MR) is 97.2 cm³/mol. The van der Waals surface area contributed by atoms with Crippen molar-refractivity contribution in [2.45, 2.75) is 18.4 Å². The van der Waals surface area contributed by atoms with Crippen LogP contribution in [0, 0.1) is 0 Å². The lowest BCUT2D eigenvalue weighted by atomic mass is 9.84. The van der Waals surface area contributed by atoms with E-state index in [0.29, 0.717) is 25.9 Å². The SMILES string of the molecule is COC1(c2ccccc2)CCN(C(=O)c2cc(=O)n(C)c(=O)n2C)CC1. The summed E-state index contributed by atoms with van der Waals surface area (Å²) < 4.78 is 8.04. The Morgan fingerprint density at radius 2 is 1.65 bits per heavy atom. The number of amides is 1. The third kappa shape index (κ3) is 2.99. The summed E-state index contributed by atoms with van der Waals surface area (Å²) >= 11 is 0.